The van der Waals surface area contributed by atoms with Gasteiger partial charge in [0.15, 0.2) is 0 Å². The molecule has 2 N–H and O–H groups in total. The Morgan fingerprint density at radius 3 is 2.90 bits per heavy atom. The number of carbonyl (C=O) groups excluding carboxylic acids is 1. The molecule has 0 fully saturated rings. The Kier molecular flexibility index (Phi) is 1.62. The van der Waals surface area contributed by atoms with Gasteiger partial charge in [-0.25, -0.2) is 0 Å². The number of hydrogen-bond donors (Lipinski definition) is 2. The zero-order valence-corrected chi connectivity index (χ0v) is 5.42. The van der Waals surface area contributed by atoms with Gasteiger partial charge in [-0.15, -0.1) is 0 Å². The van der Waals surface area contributed by atoms with Crippen LogP contribution in [0.1, 0.15) is 10.4 Å². The Hall–Kier alpha value is -1.45. The molecule has 4 heteroatoms. The number of aromatic hydroxyl groups is 1. The van der Waals surface area contributed by atoms with Crippen molar-refractivity contribution >= 4 is 5.91 Å². The minimum Gasteiger partial charge on any atom is -0.480 e. The molecule has 0 aliphatic heterocycles. The maximum atomic E-state index is 10.8. The molecule has 0 unspecified atom stereocenters. The van der Waals surface area contributed by atoms with Crippen molar-refractivity contribution in [2.24, 2.45) is 0 Å². The van der Waals surface area contributed by atoms with Crippen molar-refractivity contribution in [1.29, 1.82) is 0 Å². The van der Waals surface area contributed by atoms with E-state index in [-0.39, 0.29) is 17.4 Å². The first-order valence-electron chi connectivity index (χ1n) is 2.74. The summed E-state index contributed by atoms with van der Waals surface area (Å²) in [5.41, 5.74) is 0.155. The molecule has 54 valence electrons. The van der Waals surface area contributed by atoms with Crippen LogP contribution >= 0.6 is 0 Å². The van der Waals surface area contributed by atoms with E-state index >= 15 is 0 Å². The van der Waals surface area contributed by atoms with Gasteiger partial charge in [-0.1, -0.05) is 0 Å². The highest BCUT2D eigenvalue weighted by Crippen LogP contribution is 2.16. The van der Waals surface area contributed by atoms with E-state index in [4.69, 9.17) is 5.11 Å². The molecule has 1 aromatic rings. The second-order valence-corrected chi connectivity index (χ2v) is 1.72. The zero-order valence-electron chi connectivity index (χ0n) is 5.42. The summed E-state index contributed by atoms with van der Waals surface area (Å²) >= 11 is 0. The fourth-order valence-corrected chi connectivity index (χ4v) is 0.609. The van der Waals surface area contributed by atoms with Crippen molar-refractivity contribution in [2.75, 3.05) is 7.05 Å². The van der Waals surface area contributed by atoms with Gasteiger partial charge in [0.1, 0.15) is 5.56 Å². The molecule has 0 radical (unpaired) electrons. The predicted octanol–water partition coefficient (Wildman–Crippen LogP) is 0.345. The summed E-state index contributed by atoms with van der Waals surface area (Å²) in [4.78, 5) is 10.8. The Bertz CT molecular complexity index is 241. The molecule has 0 aliphatic carbocycles. The van der Waals surface area contributed by atoms with Gasteiger partial charge in [-0.3, -0.25) is 4.79 Å². The smallest absolute Gasteiger partial charge is 0.295 e. The minimum absolute atomic E-state index is 0.155. The zero-order chi connectivity index (χ0) is 7.56. The SMILES string of the molecule is CNC(=O)c1ccoc1O. The second-order valence-electron chi connectivity index (χ2n) is 1.72. The van der Waals surface area contributed by atoms with E-state index in [0.29, 0.717) is 0 Å². The standard InChI is InChI=1S/C6H7NO3/c1-7-5(8)4-2-3-10-6(4)9/h2-3,9H,1H3,(H,7,8). The summed E-state index contributed by atoms with van der Waals surface area (Å²) in [6.07, 6.45) is 1.25. The van der Waals surface area contributed by atoms with Crippen LogP contribution < -0.4 is 5.32 Å². The summed E-state index contributed by atoms with van der Waals surface area (Å²) in [7, 11) is 1.48. The first-order chi connectivity index (χ1) is 4.75. The number of amides is 1. The summed E-state index contributed by atoms with van der Waals surface area (Å²) < 4.78 is 4.48. The molecule has 1 rings (SSSR count). The molecule has 0 saturated carbocycles. The quantitative estimate of drug-likeness (QED) is 0.593. The lowest BCUT2D eigenvalue weighted by Gasteiger charge is -1.92. The van der Waals surface area contributed by atoms with E-state index in [0.717, 1.165) is 0 Å². The Morgan fingerprint density at radius 2 is 2.50 bits per heavy atom. The lowest BCUT2D eigenvalue weighted by molar-refractivity contribution is 0.0958. The lowest BCUT2D eigenvalue weighted by Crippen LogP contribution is -2.16. The largest absolute Gasteiger partial charge is 0.480 e. The fourth-order valence-electron chi connectivity index (χ4n) is 0.609. The van der Waals surface area contributed by atoms with E-state index in [1.807, 2.05) is 0 Å². The van der Waals surface area contributed by atoms with Gasteiger partial charge in [0.25, 0.3) is 11.9 Å². The predicted molar refractivity (Wildman–Crippen MR) is 33.8 cm³/mol. The highest BCUT2D eigenvalue weighted by atomic mass is 16.5. The summed E-state index contributed by atoms with van der Waals surface area (Å²) in [5, 5.41) is 11.2. The van der Waals surface area contributed by atoms with Crippen LogP contribution in [0.5, 0.6) is 5.95 Å². The van der Waals surface area contributed by atoms with Crippen molar-refractivity contribution in [3.05, 3.63) is 17.9 Å². The minimum atomic E-state index is -0.355. The van der Waals surface area contributed by atoms with Crippen LogP contribution in [0.2, 0.25) is 0 Å². The summed E-state index contributed by atoms with van der Waals surface area (Å²) in [5.74, 6) is -0.703. The number of carbonyl (C=O) groups is 1. The van der Waals surface area contributed by atoms with E-state index in [1.165, 1.54) is 19.4 Å². The van der Waals surface area contributed by atoms with Crippen molar-refractivity contribution in [2.45, 2.75) is 0 Å². The van der Waals surface area contributed by atoms with Gasteiger partial charge < -0.3 is 14.8 Å². The highest BCUT2D eigenvalue weighted by Gasteiger charge is 2.10. The molecule has 10 heavy (non-hydrogen) atoms. The average Bonchev–Trinajstić information content (AvgIpc) is 2.34. The third kappa shape index (κ3) is 0.953. The van der Waals surface area contributed by atoms with Gasteiger partial charge in [0, 0.05) is 7.05 Å². The van der Waals surface area contributed by atoms with Gasteiger partial charge in [0.05, 0.1) is 6.26 Å². The maximum absolute atomic E-state index is 10.8. The number of hydrogen-bond acceptors (Lipinski definition) is 3. The molecular weight excluding hydrogens is 134 g/mol. The van der Waals surface area contributed by atoms with Gasteiger partial charge >= 0.3 is 0 Å². The van der Waals surface area contributed by atoms with Crippen molar-refractivity contribution in [3.8, 4) is 5.95 Å². The van der Waals surface area contributed by atoms with Gasteiger partial charge in [-0.2, -0.15) is 0 Å². The van der Waals surface area contributed by atoms with Gasteiger partial charge in [-0.05, 0) is 6.07 Å². The van der Waals surface area contributed by atoms with E-state index in [2.05, 4.69) is 9.73 Å². The molecular formula is C6H7NO3. The Labute approximate surface area is 57.5 Å². The van der Waals surface area contributed by atoms with Crippen molar-refractivity contribution in [3.63, 3.8) is 0 Å². The highest BCUT2D eigenvalue weighted by molar-refractivity contribution is 5.95. The molecule has 0 saturated heterocycles. The molecule has 1 heterocycles. The number of nitrogens with one attached hydrogen (secondary N) is 1. The van der Waals surface area contributed by atoms with Gasteiger partial charge in [0.2, 0.25) is 0 Å². The first-order valence-corrected chi connectivity index (χ1v) is 2.74. The molecule has 0 aromatic carbocycles. The first kappa shape index (κ1) is 6.67. The van der Waals surface area contributed by atoms with Crippen LogP contribution in [0.4, 0.5) is 0 Å². The number of furan rings is 1. The van der Waals surface area contributed by atoms with Crippen LogP contribution in [-0.2, 0) is 0 Å². The monoisotopic (exact) mass is 141 g/mol. The van der Waals surface area contributed by atoms with Crippen LogP contribution in [0.15, 0.2) is 16.7 Å². The molecule has 0 aliphatic rings. The molecule has 1 amide bonds. The van der Waals surface area contributed by atoms with Crippen LogP contribution in [0, 0.1) is 0 Å². The third-order valence-corrected chi connectivity index (χ3v) is 1.12. The molecule has 4 nitrogen and oxygen atoms in total. The molecule has 0 bridgehead atoms. The normalized spacial score (nSPS) is 9.30. The van der Waals surface area contributed by atoms with E-state index in [1.54, 1.807) is 0 Å². The molecule has 1 aromatic heterocycles. The van der Waals surface area contributed by atoms with Crippen LogP contribution in [0.3, 0.4) is 0 Å². The van der Waals surface area contributed by atoms with Crippen LogP contribution in [-0.4, -0.2) is 18.1 Å². The Morgan fingerprint density at radius 1 is 1.80 bits per heavy atom. The van der Waals surface area contributed by atoms with Crippen LogP contribution in [0.25, 0.3) is 0 Å². The Balaban J connectivity index is 2.93. The van der Waals surface area contributed by atoms with E-state index in [9.17, 15) is 4.79 Å². The van der Waals surface area contributed by atoms with Crippen molar-refractivity contribution < 1.29 is 14.3 Å². The topological polar surface area (TPSA) is 62.5 Å². The molecule has 0 spiro atoms. The van der Waals surface area contributed by atoms with E-state index < -0.39 is 0 Å². The summed E-state index contributed by atoms with van der Waals surface area (Å²) in [6.45, 7) is 0. The fraction of sp³-hybridized carbons (Fsp3) is 0.167. The average molecular weight is 141 g/mol. The second kappa shape index (κ2) is 2.43. The number of rotatable bonds is 1. The lowest BCUT2D eigenvalue weighted by atomic mass is 10.3. The third-order valence-electron chi connectivity index (χ3n) is 1.12. The maximum Gasteiger partial charge on any atom is 0.295 e. The molecule has 0 atom stereocenters. The van der Waals surface area contributed by atoms with Crippen molar-refractivity contribution in [1.82, 2.24) is 5.32 Å². The summed E-state index contributed by atoms with van der Waals surface area (Å²) in [6, 6.07) is 1.40.